The third kappa shape index (κ3) is 5.15. The monoisotopic (exact) mass is 494 g/mol. The van der Waals surface area contributed by atoms with Gasteiger partial charge >= 0.3 is 5.97 Å². The van der Waals surface area contributed by atoms with Gasteiger partial charge in [0.15, 0.2) is 5.78 Å². The summed E-state index contributed by atoms with van der Waals surface area (Å²) in [5.41, 5.74) is 3.03. The van der Waals surface area contributed by atoms with Crippen molar-refractivity contribution in [1.29, 1.82) is 0 Å². The number of esters is 1. The van der Waals surface area contributed by atoms with Gasteiger partial charge < -0.3 is 10.1 Å². The zero-order valence-electron chi connectivity index (χ0n) is 19.9. The van der Waals surface area contributed by atoms with Gasteiger partial charge in [-0.3, -0.25) is 14.9 Å². The Balaban J connectivity index is 1.73. The summed E-state index contributed by atoms with van der Waals surface area (Å²) in [4.78, 5) is 37.7. The second kappa shape index (κ2) is 9.66. The van der Waals surface area contributed by atoms with Crippen LogP contribution in [0.3, 0.4) is 0 Å². The molecule has 1 atom stereocenters. The first-order valence-corrected chi connectivity index (χ1v) is 11.8. The van der Waals surface area contributed by atoms with Crippen LogP contribution in [-0.2, 0) is 20.7 Å². The maximum atomic E-state index is 13.4. The van der Waals surface area contributed by atoms with E-state index >= 15 is 0 Å². The molecule has 7 nitrogen and oxygen atoms in total. The van der Waals surface area contributed by atoms with Gasteiger partial charge in [-0.25, -0.2) is 4.79 Å². The summed E-state index contributed by atoms with van der Waals surface area (Å²) in [7, 11) is 0. The van der Waals surface area contributed by atoms with Gasteiger partial charge in [0.2, 0.25) is 0 Å². The summed E-state index contributed by atoms with van der Waals surface area (Å²) < 4.78 is 5.63. The molecule has 182 valence electrons. The minimum Gasteiger partial charge on any atom is -0.462 e. The van der Waals surface area contributed by atoms with E-state index in [4.69, 9.17) is 16.3 Å². The molecule has 0 aromatic heterocycles. The molecular weight excluding hydrogens is 468 g/mol. The van der Waals surface area contributed by atoms with Gasteiger partial charge in [0.25, 0.3) is 5.69 Å². The predicted molar refractivity (Wildman–Crippen MR) is 133 cm³/mol. The number of ketones is 1. The average molecular weight is 495 g/mol. The van der Waals surface area contributed by atoms with Crippen molar-refractivity contribution in [2.75, 3.05) is 6.61 Å². The number of hydrogen-bond acceptors (Lipinski definition) is 6. The average Bonchev–Trinajstić information content (AvgIpc) is 2.78. The molecule has 1 heterocycles. The second-order valence-electron chi connectivity index (χ2n) is 9.77. The number of benzene rings is 2. The van der Waals surface area contributed by atoms with Gasteiger partial charge in [-0.2, -0.15) is 0 Å². The van der Waals surface area contributed by atoms with Gasteiger partial charge in [-0.05, 0) is 36.0 Å². The highest BCUT2D eigenvalue weighted by Gasteiger charge is 2.43. The number of rotatable bonds is 6. The van der Waals surface area contributed by atoms with Crippen LogP contribution in [0.5, 0.6) is 0 Å². The van der Waals surface area contributed by atoms with Crippen LogP contribution < -0.4 is 5.32 Å². The largest absolute Gasteiger partial charge is 0.462 e. The van der Waals surface area contributed by atoms with Crippen molar-refractivity contribution >= 4 is 29.0 Å². The highest BCUT2D eigenvalue weighted by molar-refractivity contribution is 6.32. The lowest BCUT2D eigenvalue weighted by atomic mass is 9.68. The van der Waals surface area contributed by atoms with E-state index in [0.717, 1.165) is 11.3 Å². The van der Waals surface area contributed by atoms with Crippen LogP contribution >= 0.6 is 11.6 Å². The van der Waals surface area contributed by atoms with Crippen LogP contribution in [0.25, 0.3) is 0 Å². The van der Waals surface area contributed by atoms with Gasteiger partial charge in [-0.1, -0.05) is 61.8 Å². The SMILES string of the molecule is CC1=C(C(=O)OCCc2ccccc2)C(c2ccc(Cl)c([N+](=O)[O-])c2)C2=C(CC(C)(C)CC2=O)N1. The number of Topliss-reactive ketones (excluding diaryl/α,β-unsaturated/α-hetero) is 1. The Labute approximate surface area is 209 Å². The quantitative estimate of drug-likeness (QED) is 0.317. The molecule has 0 saturated heterocycles. The van der Waals surface area contributed by atoms with Gasteiger partial charge in [-0.15, -0.1) is 0 Å². The van der Waals surface area contributed by atoms with Crippen molar-refractivity contribution in [2.24, 2.45) is 5.41 Å². The fraction of sp³-hybridized carbons (Fsp3) is 0.333. The Kier molecular flexibility index (Phi) is 6.81. The number of hydrogen-bond donors (Lipinski definition) is 1. The van der Waals surface area contributed by atoms with Crippen molar-refractivity contribution in [3.63, 3.8) is 0 Å². The fourth-order valence-corrected chi connectivity index (χ4v) is 5.06. The number of halogens is 1. The van der Waals surface area contributed by atoms with Crippen LogP contribution in [0, 0.1) is 15.5 Å². The van der Waals surface area contributed by atoms with Crippen LogP contribution in [0.4, 0.5) is 5.69 Å². The smallest absolute Gasteiger partial charge is 0.336 e. The number of allylic oxidation sites excluding steroid dienone is 3. The second-order valence-corrected chi connectivity index (χ2v) is 10.2. The van der Waals surface area contributed by atoms with Crippen LogP contribution in [0.1, 0.15) is 50.7 Å². The predicted octanol–water partition coefficient (Wildman–Crippen LogP) is 5.64. The number of carbonyl (C=O) groups is 2. The standard InChI is InChI=1S/C27H27ClN2O5/c1-16-23(26(32)35-12-11-17-7-5-4-6-8-17)24(18-9-10-19(28)21(13-18)30(33)34)25-20(29-16)14-27(2,3)15-22(25)31/h4-10,13,24,29H,11-12,14-15H2,1-3H3. The highest BCUT2D eigenvalue weighted by atomic mass is 35.5. The van der Waals surface area contributed by atoms with Crippen LogP contribution in [0.2, 0.25) is 5.02 Å². The van der Waals surface area contributed by atoms with Crippen molar-refractivity contribution < 1.29 is 19.2 Å². The first-order valence-electron chi connectivity index (χ1n) is 11.5. The summed E-state index contributed by atoms with van der Waals surface area (Å²) in [6.45, 7) is 5.97. The van der Waals surface area contributed by atoms with E-state index in [-0.39, 0.29) is 34.1 Å². The number of nitrogens with zero attached hydrogens (tertiary/aromatic N) is 1. The normalized spacial score (nSPS) is 19.2. The topological polar surface area (TPSA) is 98.5 Å². The minimum atomic E-state index is -0.782. The first kappa shape index (κ1) is 24.7. The molecule has 1 N–H and O–H groups in total. The fourth-order valence-electron chi connectivity index (χ4n) is 4.87. The Morgan fingerprint density at radius 3 is 2.60 bits per heavy atom. The molecule has 2 aromatic carbocycles. The molecule has 0 spiro atoms. The molecule has 0 radical (unpaired) electrons. The number of dihydropyridines is 1. The van der Waals surface area contributed by atoms with Crippen LogP contribution in [0.15, 0.2) is 71.1 Å². The number of nitrogens with one attached hydrogen (secondary N) is 1. The zero-order valence-corrected chi connectivity index (χ0v) is 20.6. The molecule has 0 amide bonds. The van der Waals surface area contributed by atoms with Crippen molar-refractivity contribution in [2.45, 2.75) is 46.0 Å². The van der Waals surface area contributed by atoms with Crippen molar-refractivity contribution in [3.05, 3.63) is 97.3 Å². The molecule has 0 saturated carbocycles. The number of nitro groups is 1. The molecule has 4 rings (SSSR count). The molecule has 1 aliphatic heterocycles. The van der Waals surface area contributed by atoms with E-state index < -0.39 is 16.8 Å². The summed E-state index contributed by atoms with van der Waals surface area (Å²) >= 11 is 6.05. The van der Waals surface area contributed by atoms with E-state index in [9.17, 15) is 19.7 Å². The Morgan fingerprint density at radius 2 is 1.91 bits per heavy atom. The minimum absolute atomic E-state index is 0.00863. The van der Waals surface area contributed by atoms with E-state index in [0.29, 0.717) is 36.1 Å². The molecule has 1 aliphatic carbocycles. The molecule has 35 heavy (non-hydrogen) atoms. The molecule has 0 fully saturated rings. The molecule has 8 heteroatoms. The summed E-state index contributed by atoms with van der Waals surface area (Å²) in [5.74, 6) is -1.43. The van der Waals surface area contributed by atoms with Gasteiger partial charge in [0.1, 0.15) is 5.02 Å². The van der Waals surface area contributed by atoms with E-state index in [1.54, 1.807) is 13.0 Å². The van der Waals surface area contributed by atoms with E-state index in [1.165, 1.54) is 12.1 Å². The lowest BCUT2D eigenvalue weighted by Crippen LogP contribution is -2.38. The van der Waals surface area contributed by atoms with Crippen molar-refractivity contribution in [3.8, 4) is 0 Å². The molecule has 2 aliphatic rings. The summed E-state index contributed by atoms with van der Waals surface area (Å²) in [5, 5.41) is 14.8. The lowest BCUT2D eigenvalue weighted by molar-refractivity contribution is -0.384. The zero-order chi connectivity index (χ0) is 25.3. The maximum absolute atomic E-state index is 13.4. The molecule has 2 aromatic rings. The van der Waals surface area contributed by atoms with E-state index in [2.05, 4.69) is 5.32 Å². The van der Waals surface area contributed by atoms with Gasteiger partial charge in [0.05, 0.1) is 17.1 Å². The van der Waals surface area contributed by atoms with Gasteiger partial charge in [0, 0.05) is 41.8 Å². The third-order valence-corrected chi connectivity index (χ3v) is 6.75. The Morgan fingerprint density at radius 1 is 1.20 bits per heavy atom. The number of ether oxygens (including phenoxy) is 1. The molecule has 0 bridgehead atoms. The third-order valence-electron chi connectivity index (χ3n) is 6.43. The summed E-state index contributed by atoms with van der Waals surface area (Å²) in [6, 6.07) is 14.1. The van der Waals surface area contributed by atoms with E-state index in [1.807, 2.05) is 44.2 Å². The maximum Gasteiger partial charge on any atom is 0.336 e. The number of carbonyl (C=O) groups excluding carboxylic acids is 2. The Bertz CT molecular complexity index is 1260. The highest BCUT2D eigenvalue weighted by Crippen LogP contribution is 2.47. The molecule has 1 unspecified atom stereocenters. The summed E-state index contributed by atoms with van der Waals surface area (Å²) in [6.07, 6.45) is 1.48. The van der Waals surface area contributed by atoms with Crippen LogP contribution in [-0.4, -0.2) is 23.3 Å². The number of nitro benzene ring substituents is 1. The Hall–Kier alpha value is -3.45. The van der Waals surface area contributed by atoms with Crippen molar-refractivity contribution in [1.82, 2.24) is 5.32 Å². The lowest BCUT2D eigenvalue weighted by Gasteiger charge is -2.39. The first-order chi connectivity index (χ1) is 16.6. The molecular formula is C27H27ClN2O5.